The minimum atomic E-state index is -0.240. The largest absolute Gasteiger partial charge is 0.355 e. The van der Waals surface area contributed by atoms with Crippen LogP contribution in [0.15, 0.2) is 63.6 Å². The Hall–Kier alpha value is -2.15. The van der Waals surface area contributed by atoms with Crippen LogP contribution in [0.1, 0.15) is 34.9 Å². The van der Waals surface area contributed by atoms with Gasteiger partial charge in [0, 0.05) is 27.7 Å². The maximum Gasteiger partial charge on any atom is 0.273 e. The Morgan fingerprint density at radius 2 is 1.83 bits per heavy atom. The fourth-order valence-corrected chi connectivity index (χ4v) is 4.00. The van der Waals surface area contributed by atoms with Gasteiger partial charge in [0.15, 0.2) is 11.5 Å². The summed E-state index contributed by atoms with van der Waals surface area (Å²) in [5.74, 6) is 0.326. The zero-order chi connectivity index (χ0) is 20.2. The van der Waals surface area contributed by atoms with Crippen LogP contribution < -0.4 is 5.32 Å². The van der Waals surface area contributed by atoms with E-state index in [1.54, 1.807) is 6.07 Å². The third kappa shape index (κ3) is 4.89. The lowest BCUT2D eigenvalue weighted by atomic mass is 10.1. The number of halogens is 2. The average Bonchev–Trinajstić information content (AvgIpc) is 3.42. The molecule has 4 rings (SSSR count). The van der Waals surface area contributed by atoms with Gasteiger partial charge in [-0.1, -0.05) is 57.0 Å². The van der Waals surface area contributed by atoms with Gasteiger partial charge in [-0.15, -0.1) is 0 Å². The first-order valence-corrected chi connectivity index (χ1v) is 10.8. The molecule has 3 aromatic rings. The van der Waals surface area contributed by atoms with Crippen molar-refractivity contribution in [1.29, 1.82) is 0 Å². The van der Waals surface area contributed by atoms with Gasteiger partial charge in [0.2, 0.25) is 0 Å². The van der Waals surface area contributed by atoms with Crippen LogP contribution in [0.2, 0.25) is 5.02 Å². The molecule has 2 heterocycles. The highest BCUT2D eigenvalue weighted by molar-refractivity contribution is 9.10. The van der Waals surface area contributed by atoms with E-state index in [2.05, 4.69) is 31.3 Å². The third-order valence-corrected chi connectivity index (χ3v) is 5.94. The van der Waals surface area contributed by atoms with Crippen LogP contribution >= 0.6 is 27.5 Å². The summed E-state index contributed by atoms with van der Waals surface area (Å²) in [6.07, 6.45) is 2.36. The summed E-state index contributed by atoms with van der Waals surface area (Å²) >= 11 is 9.45. The number of likely N-dealkylation sites (tertiary alicyclic amines) is 1. The number of hydrogen-bond donors (Lipinski definition) is 1. The molecule has 1 aromatic heterocycles. The molecule has 150 valence electrons. The van der Waals surface area contributed by atoms with Crippen molar-refractivity contribution in [2.24, 2.45) is 0 Å². The number of amides is 1. The number of hydrogen-bond acceptors (Lipinski definition) is 4. The molecule has 5 nitrogen and oxygen atoms in total. The molecule has 0 radical (unpaired) electrons. The van der Waals surface area contributed by atoms with Crippen molar-refractivity contribution < 1.29 is 9.32 Å². The van der Waals surface area contributed by atoms with Gasteiger partial charge < -0.3 is 9.84 Å². The molecule has 1 fully saturated rings. The van der Waals surface area contributed by atoms with E-state index >= 15 is 0 Å². The van der Waals surface area contributed by atoms with Gasteiger partial charge in [0.05, 0.1) is 6.04 Å². The molecule has 0 saturated carbocycles. The number of rotatable bonds is 6. The molecule has 1 atom stereocenters. The van der Waals surface area contributed by atoms with Crippen LogP contribution in [0.5, 0.6) is 0 Å². The van der Waals surface area contributed by atoms with E-state index in [0.29, 0.717) is 17.3 Å². The van der Waals surface area contributed by atoms with Crippen LogP contribution in [0.3, 0.4) is 0 Å². The van der Waals surface area contributed by atoms with Crippen LogP contribution in [0.25, 0.3) is 11.3 Å². The van der Waals surface area contributed by atoms with E-state index < -0.39 is 0 Å². The second-order valence-electron chi connectivity index (χ2n) is 7.10. The summed E-state index contributed by atoms with van der Waals surface area (Å²) in [5.41, 5.74) is 2.29. The fourth-order valence-electron chi connectivity index (χ4n) is 3.61. The van der Waals surface area contributed by atoms with Crippen LogP contribution in [0, 0.1) is 0 Å². The molecule has 1 saturated heterocycles. The van der Waals surface area contributed by atoms with Gasteiger partial charge in [-0.25, -0.2) is 0 Å². The maximum atomic E-state index is 12.7. The van der Waals surface area contributed by atoms with Crippen molar-refractivity contribution in [2.75, 3.05) is 19.6 Å². The number of aromatic nitrogens is 1. The summed E-state index contributed by atoms with van der Waals surface area (Å²) < 4.78 is 6.35. The van der Waals surface area contributed by atoms with Crippen molar-refractivity contribution in [3.63, 3.8) is 0 Å². The van der Waals surface area contributed by atoms with E-state index in [0.717, 1.165) is 28.7 Å². The molecule has 1 amide bonds. The van der Waals surface area contributed by atoms with Crippen molar-refractivity contribution >= 4 is 33.4 Å². The highest BCUT2D eigenvalue weighted by Gasteiger charge is 2.24. The lowest BCUT2D eigenvalue weighted by molar-refractivity contribution is 0.0929. The first-order valence-electron chi connectivity index (χ1n) is 9.60. The molecule has 1 aliphatic rings. The summed E-state index contributed by atoms with van der Waals surface area (Å²) in [7, 11) is 0. The smallest absolute Gasteiger partial charge is 0.273 e. The maximum absolute atomic E-state index is 12.7. The molecular weight excluding hydrogens is 454 g/mol. The number of carbonyl (C=O) groups is 1. The predicted octanol–water partition coefficient (Wildman–Crippen LogP) is 5.32. The number of carbonyl (C=O) groups excluding carboxylic acids is 1. The molecule has 1 aliphatic heterocycles. The SMILES string of the molecule is O=C(NC[C@H](c1ccc(Cl)cc1)N1CCCC1)c1cc(-c2ccc(Br)cc2)on1. The number of nitrogens with zero attached hydrogens (tertiary/aromatic N) is 2. The molecule has 1 N–H and O–H groups in total. The van der Waals surface area contributed by atoms with E-state index in [1.165, 1.54) is 12.8 Å². The Kier molecular flexibility index (Phi) is 6.33. The number of benzene rings is 2. The Balaban J connectivity index is 1.45. The summed E-state index contributed by atoms with van der Waals surface area (Å²) in [6.45, 7) is 2.56. The lowest BCUT2D eigenvalue weighted by Crippen LogP contribution is -2.36. The van der Waals surface area contributed by atoms with E-state index in [1.807, 2.05) is 48.5 Å². The minimum absolute atomic E-state index is 0.108. The Bertz CT molecular complexity index is 966. The van der Waals surface area contributed by atoms with Gasteiger partial charge in [0.1, 0.15) is 0 Å². The normalized spacial score (nSPS) is 15.4. The Labute approximate surface area is 183 Å². The first kappa shape index (κ1) is 20.1. The first-order chi connectivity index (χ1) is 14.1. The van der Waals surface area contributed by atoms with Gasteiger partial charge in [-0.3, -0.25) is 9.69 Å². The Morgan fingerprint density at radius 1 is 1.14 bits per heavy atom. The van der Waals surface area contributed by atoms with Crippen molar-refractivity contribution in [1.82, 2.24) is 15.4 Å². The Morgan fingerprint density at radius 3 is 2.52 bits per heavy atom. The minimum Gasteiger partial charge on any atom is -0.355 e. The van der Waals surface area contributed by atoms with Crippen molar-refractivity contribution in [3.8, 4) is 11.3 Å². The second-order valence-corrected chi connectivity index (χ2v) is 8.46. The quantitative estimate of drug-likeness (QED) is 0.525. The highest BCUT2D eigenvalue weighted by Crippen LogP contribution is 2.26. The molecule has 29 heavy (non-hydrogen) atoms. The number of nitrogens with one attached hydrogen (secondary N) is 1. The molecule has 0 bridgehead atoms. The van der Waals surface area contributed by atoms with E-state index in [-0.39, 0.29) is 17.6 Å². The fraction of sp³-hybridized carbons (Fsp3) is 0.273. The van der Waals surface area contributed by atoms with Crippen molar-refractivity contribution in [2.45, 2.75) is 18.9 Å². The standard InChI is InChI=1S/C22H21BrClN3O2/c23-17-7-3-16(4-8-17)21-13-19(26-29-21)22(28)25-14-20(27-11-1-2-12-27)15-5-9-18(24)10-6-15/h3-10,13,20H,1-2,11-12,14H2,(H,25,28)/t20-/m1/s1. The van der Waals surface area contributed by atoms with Gasteiger partial charge in [-0.05, 0) is 55.8 Å². The van der Waals surface area contributed by atoms with E-state index in [4.69, 9.17) is 16.1 Å². The van der Waals surface area contributed by atoms with Crippen LogP contribution in [-0.4, -0.2) is 35.6 Å². The molecular formula is C22H21BrClN3O2. The summed E-state index contributed by atoms with van der Waals surface area (Å²) in [6, 6.07) is 17.3. The van der Waals surface area contributed by atoms with E-state index in [9.17, 15) is 4.79 Å². The zero-order valence-electron chi connectivity index (χ0n) is 15.8. The van der Waals surface area contributed by atoms with Gasteiger partial charge >= 0.3 is 0 Å². The predicted molar refractivity (Wildman–Crippen MR) is 117 cm³/mol. The lowest BCUT2D eigenvalue weighted by Gasteiger charge is -2.28. The molecule has 0 unspecified atom stereocenters. The van der Waals surface area contributed by atoms with Gasteiger partial charge in [0.25, 0.3) is 5.91 Å². The van der Waals surface area contributed by atoms with Gasteiger partial charge in [-0.2, -0.15) is 0 Å². The van der Waals surface area contributed by atoms with Crippen molar-refractivity contribution in [3.05, 3.63) is 75.4 Å². The van der Waals surface area contributed by atoms with Crippen LogP contribution in [-0.2, 0) is 0 Å². The van der Waals surface area contributed by atoms with Crippen LogP contribution in [0.4, 0.5) is 0 Å². The zero-order valence-corrected chi connectivity index (χ0v) is 18.1. The summed E-state index contributed by atoms with van der Waals surface area (Å²) in [5, 5.41) is 7.67. The highest BCUT2D eigenvalue weighted by atomic mass is 79.9. The molecule has 2 aromatic carbocycles. The molecule has 7 heteroatoms. The summed E-state index contributed by atoms with van der Waals surface area (Å²) in [4.78, 5) is 15.1. The molecule has 0 spiro atoms. The molecule has 0 aliphatic carbocycles. The second kappa shape index (κ2) is 9.11. The monoisotopic (exact) mass is 473 g/mol. The topological polar surface area (TPSA) is 58.4 Å². The third-order valence-electron chi connectivity index (χ3n) is 5.16. The average molecular weight is 475 g/mol.